The third-order valence-corrected chi connectivity index (χ3v) is 8.65. The number of sulfonamides is 1. The zero-order valence-electron chi connectivity index (χ0n) is 21.8. The summed E-state index contributed by atoms with van der Waals surface area (Å²) in [7, 11) is -3.93. The van der Waals surface area contributed by atoms with Crippen LogP contribution >= 0.6 is 11.6 Å². The van der Waals surface area contributed by atoms with E-state index in [0.717, 1.165) is 12.8 Å². The Labute approximate surface area is 228 Å². The first-order valence-electron chi connectivity index (χ1n) is 12.8. The highest BCUT2D eigenvalue weighted by atomic mass is 35.5. The maximum absolute atomic E-state index is 13.9. The topological polar surface area (TPSA) is 81.5 Å². The molecule has 3 aromatic carbocycles. The van der Waals surface area contributed by atoms with Crippen molar-refractivity contribution in [2.75, 3.05) is 13.2 Å². The van der Waals surface area contributed by atoms with Crippen LogP contribution in [0.15, 0.2) is 82.5 Å². The average molecular weight is 554 g/mol. The van der Waals surface area contributed by atoms with E-state index in [2.05, 4.69) is 6.92 Å². The summed E-state index contributed by atoms with van der Waals surface area (Å²) >= 11 is 6.03. The molecule has 0 spiro atoms. The number of benzene rings is 3. The third kappa shape index (κ3) is 5.77. The van der Waals surface area contributed by atoms with Crippen molar-refractivity contribution in [1.29, 1.82) is 0 Å². The molecule has 0 saturated carbocycles. The first kappa shape index (κ1) is 27.8. The van der Waals surface area contributed by atoms with Crippen molar-refractivity contribution in [3.63, 3.8) is 0 Å². The molecule has 4 rings (SSSR count). The Balaban J connectivity index is 1.90. The summed E-state index contributed by atoms with van der Waals surface area (Å²) in [6.45, 7) is 6.55. The number of fused-ring (bicyclic) bond motifs is 1. The molecule has 0 bridgehead atoms. The van der Waals surface area contributed by atoms with Crippen molar-refractivity contribution < 1.29 is 13.2 Å². The number of para-hydroxylation sites is 1. The fourth-order valence-electron chi connectivity index (χ4n) is 4.45. The van der Waals surface area contributed by atoms with E-state index in [9.17, 15) is 13.2 Å². The highest BCUT2D eigenvalue weighted by molar-refractivity contribution is 7.89. The van der Waals surface area contributed by atoms with E-state index in [1.54, 1.807) is 61.5 Å². The molecule has 1 atom stereocenters. The van der Waals surface area contributed by atoms with Crippen LogP contribution in [0.4, 0.5) is 0 Å². The summed E-state index contributed by atoms with van der Waals surface area (Å²) in [6.07, 6.45) is 2.49. The number of nitrogens with zero attached hydrogens (tertiary/aromatic N) is 3. The molecule has 1 aromatic heterocycles. The van der Waals surface area contributed by atoms with Gasteiger partial charge < -0.3 is 4.74 Å². The van der Waals surface area contributed by atoms with Gasteiger partial charge in [-0.3, -0.25) is 9.36 Å². The molecule has 0 radical (unpaired) electrons. The van der Waals surface area contributed by atoms with Crippen LogP contribution in [0, 0.1) is 0 Å². The highest BCUT2D eigenvalue weighted by Crippen LogP contribution is 2.30. The Morgan fingerprint density at radius 3 is 2.32 bits per heavy atom. The molecule has 0 N–H and O–H groups in total. The number of aromatic nitrogens is 2. The monoisotopic (exact) mass is 553 g/mol. The van der Waals surface area contributed by atoms with Crippen molar-refractivity contribution >= 4 is 32.5 Å². The average Bonchev–Trinajstić information content (AvgIpc) is 2.92. The number of unbranched alkanes of at least 4 members (excludes halogenated alkanes) is 2. The van der Waals surface area contributed by atoms with Crippen molar-refractivity contribution in [3.05, 3.63) is 94.0 Å². The predicted molar refractivity (Wildman–Crippen MR) is 152 cm³/mol. The molecule has 4 aromatic rings. The molecule has 200 valence electrons. The van der Waals surface area contributed by atoms with Crippen LogP contribution in [-0.4, -0.2) is 35.4 Å². The zero-order chi connectivity index (χ0) is 27.3. The highest BCUT2D eigenvalue weighted by Gasteiger charge is 2.33. The molecule has 0 fully saturated rings. The number of hydrogen-bond acceptors (Lipinski definition) is 5. The Morgan fingerprint density at radius 1 is 0.974 bits per heavy atom. The summed E-state index contributed by atoms with van der Waals surface area (Å²) < 4.78 is 36.3. The fourth-order valence-corrected chi connectivity index (χ4v) is 6.20. The number of hydrogen-bond donors (Lipinski definition) is 0. The van der Waals surface area contributed by atoms with Gasteiger partial charge in [0, 0.05) is 11.6 Å². The molecule has 38 heavy (non-hydrogen) atoms. The number of ether oxygens (including phenoxy) is 1. The van der Waals surface area contributed by atoms with E-state index in [-0.39, 0.29) is 17.0 Å². The maximum atomic E-state index is 13.9. The summed E-state index contributed by atoms with van der Waals surface area (Å²) in [4.78, 5) is 18.8. The van der Waals surface area contributed by atoms with Gasteiger partial charge in [0.05, 0.1) is 34.1 Å². The fraction of sp³-hybridized carbons (Fsp3) is 0.310. The van der Waals surface area contributed by atoms with Gasteiger partial charge in [-0.25, -0.2) is 13.4 Å². The van der Waals surface area contributed by atoms with Gasteiger partial charge in [-0.15, -0.1) is 0 Å². The van der Waals surface area contributed by atoms with E-state index in [1.165, 1.54) is 21.0 Å². The SMILES string of the molecule is CCCCCN(C(C)c1nc2ccccc2c(=O)n1-c1ccc(OCC)cc1)S(=O)(=O)c1ccc(Cl)cc1. The standard InChI is InChI=1S/C29H32ClN3O4S/c1-4-6-9-20-32(38(35,36)25-18-12-22(30)13-19-25)21(3)28-31-27-11-8-7-10-26(27)29(34)33(28)23-14-16-24(17-15-23)37-5-2/h7-8,10-19,21H,4-6,9,20H2,1-3H3. The first-order valence-corrected chi connectivity index (χ1v) is 14.6. The largest absolute Gasteiger partial charge is 0.494 e. The minimum Gasteiger partial charge on any atom is -0.494 e. The van der Waals surface area contributed by atoms with Crippen molar-refractivity contribution in [3.8, 4) is 11.4 Å². The minimum absolute atomic E-state index is 0.140. The number of halogens is 1. The van der Waals surface area contributed by atoms with Gasteiger partial charge in [0.1, 0.15) is 11.6 Å². The van der Waals surface area contributed by atoms with Gasteiger partial charge in [-0.1, -0.05) is 43.5 Å². The normalized spacial score (nSPS) is 12.7. The summed E-state index contributed by atoms with van der Waals surface area (Å²) in [5.74, 6) is 1.02. The number of rotatable bonds is 11. The first-order chi connectivity index (χ1) is 18.3. The van der Waals surface area contributed by atoms with E-state index in [1.807, 2.05) is 13.0 Å². The second-order valence-corrected chi connectivity index (χ2v) is 11.3. The van der Waals surface area contributed by atoms with Gasteiger partial charge in [0.2, 0.25) is 10.0 Å². The Bertz CT molecular complexity index is 1550. The van der Waals surface area contributed by atoms with Crippen molar-refractivity contribution in [1.82, 2.24) is 13.9 Å². The second kappa shape index (κ2) is 12.1. The molecule has 0 aliphatic rings. The lowest BCUT2D eigenvalue weighted by Crippen LogP contribution is -2.38. The molecular weight excluding hydrogens is 522 g/mol. The van der Waals surface area contributed by atoms with Crippen LogP contribution in [0.3, 0.4) is 0 Å². The summed E-state index contributed by atoms with van der Waals surface area (Å²) in [5.41, 5.74) is 0.828. The minimum atomic E-state index is -3.93. The van der Waals surface area contributed by atoms with Crippen LogP contribution in [-0.2, 0) is 10.0 Å². The lowest BCUT2D eigenvalue weighted by atomic mass is 10.2. The van der Waals surface area contributed by atoms with Gasteiger partial charge in [-0.05, 0) is 80.9 Å². The Hall–Kier alpha value is -3.20. The zero-order valence-corrected chi connectivity index (χ0v) is 23.4. The lowest BCUT2D eigenvalue weighted by Gasteiger charge is -2.30. The molecule has 0 aliphatic heterocycles. The molecule has 0 aliphatic carbocycles. The summed E-state index contributed by atoms with van der Waals surface area (Å²) in [6, 6.07) is 19.6. The van der Waals surface area contributed by atoms with Gasteiger partial charge in [-0.2, -0.15) is 4.31 Å². The van der Waals surface area contributed by atoms with Crippen LogP contribution in [0.25, 0.3) is 16.6 Å². The molecule has 9 heteroatoms. The molecule has 0 saturated heterocycles. The van der Waals surface area contributed by atoms with Gasteiger partial charge in [0.25, 0.3) is 5.56 Å². The van der Waals surface area contributed by atoms with E-state index in [4.69, 9.17) is 21.3 Å². The Kier molecular flexibility index (Phi) is 8.87. The third-order valence-electron chi connectivity index (χ3n) is 6.42. The second-order valence-electron chi connectivity index (χ2n) is 9.01. The van der Waals surface area contributed by atoms with E-state index < -0.39 is 16.1 Å². The van der Waals surface area contributed by atoms with Crippen LogP contribution < -0.4 is 10.3 Å². The molecular formula is C29H32ClN3O4S. The van der Waals surface area contributed by atoms with E-state index in [0.29, 0.717) is 46.2 Å². The molecule has 1 unspecified atom stereocenters. The maximum Gasteiger partial charge on any atom is 0.266 e. The van der Waals surface area contributed by atoms with Gasteiger partial charge >= 0.3 is 0 Å². The molecule has 7 nitrogen and oxygen atoms in total. The van der Waals surface area contributed by atoms with Crippen LogP contribution in [0.5, 0.6) is 5.75 Å². The quantitative estimate of drug-likeness (QED) is 0.201. The van der Waals surface area contributed by atoms with Gasteiger partial charge in [0.15, 0.2) is 0 Å². The lowest BCUT2D eigenvalue weighted by molar-refractivity contribution is 0.320. The van der Waals surface area contributed by atoms with Crippen molar-refractivity contribution in [2.24, 2.45) is 0 Å². The van der Waals surface area contributed by atoms with Crippen LogP contribution in [0.2, 0.25) is 5.02 Å². The predicted octanol–water partition coefficient (Wildman–Crippen LogP) is 6.38. The Morgan fingerprint density at radius 2 is 1.66 bits per heavy atom. The molecule has 1 heterocycles. The van der Waals surface area contributed by atoms with E-state index >= 15 is 0 Å². The molecule has 0 amide bonds. The smallest absolute Gasteiger partial charge is 0.266 e. The summed E-state index contributed by atoms with van der Waals surface area (Å²) in [5, 5.41) is 0.908. The van der Waals surface area contributed by atoms with Crippen molar-refractivity contribution in [2.45, 2.75) is 51.0 Å². The van der Waals surface area contributed by atoms with Crippen LogP contribution in [0.1, 0.15) is 51.9 Å².